The SMILES string of the molecule is C.I.IC1=[C+]C=Cc2cccc(I)c21.Ic1cccc2cccc(-c3ccc(-c4ccc5[nH]c6ccccc6c5c4)cc3)c12.OB(O)c1ccc(-c2ccc3[nH]c4ccccc4c3c2)cc1.[HH]. The number of allylic oxidation sites excluding steroid dienone is 2. The Kier molecular flexibility index (Phi) is 15.1. The Hall–Kier alpha value is -4.87. The Morgan fingerprint density at radius 1 is 0.470 bits per heavy atom. The average molecular weight is 1310 g/mol. The van der Waals surface area contributed by atoms with Gasteiger partial charge in [0.15, 0.2) is 3.58 Å². The van der Waals surface area contributed by atoms with Crippen LogP contribution in [0.5, 0.6) is 0 Å². The quantitative estimate of drug-likeness (QED) is 0.0806. The molecule has 11 aromatic rings. The normalized spacial score (nSPS) is 11.4. The molecular formula is C57H44BI4N2O2+. The molecule has 2 aromatic heterocycles. The lowest BCUT2D eigenvalue weighted by atomic mass is 9.80. The van der Waals surface area contributed by atoms with E-state index in [1.165, 1.54) is 87.5 Å². The van der Waals surface area contributed by atoms with Gasteiger partial charge in [0.1, 0.15) is 11.6 Å². The maximum absolute atomic E-state index is 9.17. The first kappa shape index (κ1) is 47.6. The first-order valence-corrected chi connectivity index (χ1v) is 24.0. The van der Waals surface area contributed by atoms with Gasteiger partial charge in [-0.2, -0.15) is 0 Å². The summed E-state index contributed by atoms with van der Waals surface area (Å²) >= 11 is 7.12. The summed E-state index contributed by atoms with van der Waals surface area (Å²) in [5, 5.41) is 25.9. The number of halogens is 4. The summed E-state index contributed by atoms with van der Waals surface area (Å²) in [5.41, 5.74) is 14.9. The van der Waals surface area contributed by atoms with Crippen LogP contribution in [0.25, 0.3) is 97.4 Å². The van der Waals surface area contributed by atoms with Crippen molar-refractivity contribution < 1.29 is 11.5 Å². The van der Waals surface area contributed by atoms with Crippen molar-refractivity contribution in [1.29, 1.82) is 0 Å². The standard InChI is InChI=1S/C28H18IN.C18H14BNO2.C10H5I2.CH4.HI.H2/c29-25-9-4-6-20-5-3-8-22(28(20)25)19-13-11-18(12-14-19)21-15-16-27-24(17-21)23-7-1-2-10-26(23)30-27;21-19(22)14-8-5-12(6-9-14)13-7-10-18-16(11-13)15-3-1-2-4-17(15)20-18;11-8-5-1-3-7-4-2-6-9(12)10(7)8;;;/h1-17,30H;1-11,20-22H;1-5H;1H4;2*1H/q;;+1;;;. The second-order valence-electron chi connectivity index (χ2n) is 15.6. The van der Waals surface area contributed by atoms with Gasteiger partial charge in [0.05, 0.1) is 21.3 Å². The van der Waals surface area contributed by atoms with Crippen LogP contribution in [-0.2, 0) is 0 Å². The third-order valence-electron chi connectivity index (χ3n) is 11.7. The van der Waals surface area contributed by atoms with Crippen molar-refractivity contribution in [2.45, 2.75) is 7.43 Å². The molecule has 1 aliphatic rings. The second kappa shape index (κ2) is 21.0. The van der Waals surface area contributed by atoms with Crippen LogP contribution in [0.15, 0.2) is 194 Å². The molecule has 1 aliphatic carbocycles. The summed E-state index contributed by atoms with van der Waals surface area (Å²) in [5.74, 6) is 0. The maximum Gasteiger partial charge on any atom is 0.488 e. The minimum atomic E-state index is -1.43. The molecule has 12 rings (SSSR count). The molecule has 9 aromatic carbocycles. The maximum atomic E-state index is 9.17. The largest absolute Gasteiger partial charge is 0.488 e. The van der Waals surface area contributed by atoms with E-state index in [-0.39, 0.29) is 32.8 Å². The predicted octanol–water partition coefficient (Wildman–Crippen LogP) is 16.5. The molecule has 4 N–H and O–H groups in total. The number of fused-ring (bicyclic) bond motifs is 8. The number of hydrogen-bond acceptors (Lipinski definition) is 2. The number of H-pyrrole nitrogens is 2. The molecule has 0 radical (unpaired) electrons. The van der Waals surface area contributed by atoms with Crippen molar-refractivity contribution in [2.24, 2.45) is 0 Å². The molecule has 2 heterocycles. The molecule has 324 valence electrons. The van der Waals surface area contributed by atoms with E-state index in [4.69, 9.17) is 10.0 Å². The molecule has 0 atom stereocenters. The number of aromatic nitrogens is 2. The molecule has 0 aliphatic heterocycles. The monoisotopic (exact) mass is 1310 g/mol. The fourth-order valence-corrected chi connectivity index (χ4v) is 11.4. The molecule has 4 nitrogen and oxygen atoms in total. The third-order valence-corrected chi connectivity index (χ3v) is 14.3. The molecule has 0 saturated heterocycles. The van der Waals surface area contributed by atoms with E-state index in [2.05, 4.69) is 242 Å². The van der Waals surface area contributed by atoms with Gasteiger partial charge in [0.2, 0.25) is 0 Å². The summed E-state index contributed by atoms with van der Waals surface area (Å²) in [4.78, 5) is 6.92. The van der Waals surface area contributed by atoms with Crippen LogP contribution in [0.2, 0.25) is 0 Å². The Bertz CT molecular complexity index is 3580. The van der Waals surface area contributed by atoms with E-state index in [0.717, 1.165) is 22.2 Å². The van der Waals surface area contributed by atoms with Crippen molar-refractivity contribution in [1.82, 2.24) is 9.97 Å². The zero-order chi connectivity index (χ0) is 43.7. The van der Waals surface area contributed by atoms with Gasteiger partial charge >= 0.3 is 7.12 Å². The Morgan fingerprint density at radius 3 is 1.53 bits per heavy atom. The first-order chi connectivity index (χ1) is 31.3. The number of nitrogens with one attached hydrogen (secondary N) is 2. The van der Waals surface area contributed by atoms with Gasteiger partial charge in [-0.15, -0.1) is 24.0 Å². The summed E-state index contributed by atoms with van der Waals surface area (Å²) in [7, 11) is -1.43. The van der Waals surface area contributed by atoms with Crippen LogP contribution in [0.3, 0.4) is 0 Å². The van der Waals surface area contributed by atoms with Crippen molar-refractivity contribution in [2.75, 3.05) is 0 Å². The van der Waals surface area contributed by atoms with Crippen LogP contribution in [0.4, 0.5) is 0 Å². The van der Waals surface area contributed by atoms with Crippen molar-refractivity contribution >= 4 is 168 Å². The van der Waals surface area contributed by atoms with Crippen LogP contribution in [0, 0.1) is 13.2 Å². The van der Waals surface area contributed by atoms with Crippen molar-refractivity contribution in [3.05, 3.63) is 218 Å². The summed E-state index contributed by atoms with van der Waals surface area (Å²) in [6, 6.07) is 65.4. The lowest BCUT2D eigenvalue weighted by Gasteiger charge is -2.10. The van der Waals surface area contributed by atoms with E-state index >= 15 is 0 Å². The van der Waals surface area contributed by atoms with E-state index < -0.39 is 7.12 Å². The molecular weight excluding hydrogens is 1260 g/mol. The fourth-order valence-electron chi connectivity index (χ4n) is 8.47. The molecule has 0 spiro atoms. The van der Waals surface area contributed by atoms with Crippen LogP contribution < -0.4 is 5.46 Å². The molecule has 0 fully saturated rings. The zero-order valence-electron chi connectivity index (χ0n) is 34.6. The number of para-hydroxylation sites is 2. The zero-order valence-corrected chi connectivity index (χ0v) is 43.4. The van der Waals surface area contributed by atoms with Gasteiger partial charge in [0.25, 0.3) is 0 Å². The number of hydrogen-bond donors (Lipinski definition) is 4. The smallest absolute Gasteiger partial charge is 0.423 e. The lowest BCUT2D eigenvalue weighted by molar-refractivity contribution is 0.426. The Labute approximate surface area is 444 Å². The third kappa shape index (κ3) is 9.75. The van der Waals surface area contributed by atoms with Gasteiger partial charge in [-0.05, 0) is 144 Å². The molecule has 9 heteroatoms. The van der Waals surface area contributed by atoms with Gasteiger partial charge in [-0.3, -0.25) is 0 Å². The fraction of sp³-hybridized carbons (Fsp3) is 0.0175. The van der Waals surface area contributed by atoms with E-state index in [9.17, 15) is 0 Å². The highest BCUT2D eigenvalue weighted by Crippen LogP contribution is 2.36. The number of benzene rings is 9. The van der Waals surface area contributed by atoms with E-state index in [1.54, 1.807) is 12.1 Å². The minimum absolute atomic E-state index is 0. The molecule has 66 heavy (non-hydrogen) atoms. The highest BCUT2D eigenvalue weighted by Gasteiger charge is 2.19. The van der Waals surface area contributed by atoms with Gasteiger partial charge < -0.3 is 20.0 Å². The average Bonchev–Trinajstić information content (AvgIpc) is 3.90. The van der Waals surface area contributed by atoms with E-state index in [0.29, 0.717) is 5.46 Å². The van der Waals surface area contributed by atoms with Crippen molar-refractivity contribution in [3.8, 4) is 33.4 Å². The number of rotatable bonds is 4. The molecule has 0 saturated carbocycles. The Balaban J connectivity index is 0.000000159. The number of aromatic amines is 2. The van der Waals surface area contributed by atoms with E-state index in [1.807, 2.05) is 30.3 Å². The van der Waals surface area contributed by atoms with Gasteiger partial charge in [-0.1, -0.05) is 141 Å². The first-order valence-electron chi connectivity index (χ1n) is 20.8. The summed E-state index contributed by atoms with van der Waals surface area (Å²) < 4.78 is 3.79. The van der Waals surface area contributed by atoms with Gasteiger partial charge in [-0.25, -0.2) is 0 Å². The highest BCUT2D eigenvalue weighted by molar-refractivity contribution is 14.1. The highest BCUT2D eigenvalue weighted by atomic mass is 127. The lowest BCUT2D eigenvalue weighted by Crippen LogP contribution is -2.29. The molecule has 0 bridgehead atoms. The molecule has 0 amide bonds. The van der Waals surface area contributed by atoms with Crippen LogP contribution >= 0.6 is 91.7 Å². The van der Waals surface area contributed by atoms with Crippen LogP contribution in [-0.4, -0.2) is 27.1 Å². The summed E-state index contributed by atoms with van der Waals surface area (Å²) in [6.45, 7) is 0. The second-order valence-corrected chi connectivity index (χ2v) is 19.0. The summed E-state index contributed by atoms with van der Waals surface area (Å²) in [6.07, 6.45) is 7.27. The minimum Gasteiger partial charge on any atom is -0.423 e. The predicted molar refractivity (Wildman–Crippen MR) is 321 cm³/mol. The van der Waals surface area contributed by atoms with Gasteiger partial charge in [0, 0.05) is 76.6 Å². The van der Waals surface area contributed by atoms with Crippen molar-refractivity contribution in [3.63, 3.8) is 0 Å². The van der Waals surface area contributed by atoms with Crippen LogP contribution in [0.1, 0.15) is 20.0 Å². The Morgan fingerprint density at radius 2 is 0.955 bits per heavy atom. The topological polar surface area (TPSA) is 72.0 Å². The molecule has 0 unspecified atom stereocenters.